The van der Waals surface area contributed by atoms with Gasteiger partial charge in [-0.25, -0.2) is 4.79 Å². The molecule has 2 amide bonds. The van der Waals surface area contributed by atoms with Gasteiger partial charge in [-0.05, 0) is 41.8 Å². The Bertz CT molecular complexity index is 871. The van der Waals surface area contributed by atoms with Crippen molar-refractivity contribution in [1.82, 2.24) is 4.90 Å². The summed E-state index contributed by atoms with van der Waals surface area (Å²) in [5, 5.41) is 1.83. The Morgan fingerprint density at radius 2 is 1.79 bits per heavy atom. The minimum Gasteiger partial charge on any atom is -0.452 e. The number of nitrogens with zero attached hydrogens (tertiary/aromatic N) is 2. The van der Waals surface area contributed by atoms with E-state index in [9.17, 15) is 14.4 Å². The monoisotopic (exact) mass is 414 g/mol. The first kappa shape index (κ1) is 21.0. The molecule has 0 bridgehead atoms. The molecule has 3 rings (SSSR count). The number of rotatable bonds is 5. The number of ether oxygens (including phenoxy) is 1. The van der Waals surface area contributed by atoms with Crippen LogP contribution in [0.25, 0.3) is 0 Å². The van der Waals surface area contributed by atoms with E-state index in [2.05, 4.69) is 13.8 Å². The minimum absolute atomic E-state index is 0.183. The van der Waals surface area contributed by atoms with Crippen LogP contribution in [0.3, 0.4) is 0 Å². The highest BCUT2D eigenvalue weighted by Gasteiger charge is 2.27. The van der Waals surface area contributed by atoms with Crippen LogP contribution in [-0.2, 0) is 9.53 Å². The summed E-state index contributed by atoms with van der Waals surface area (Å²) in [6, 6.07) is 10.3. The Balaban J connectivity index is 1.67. The molecule has 0 saturated carbocycles. The average molecular weight is 415 g/mol. The zero-order chi connectivity index (χ0) is 21.0. The molecule has 1 aromatic carbocycles. The van der Waals surface area contributed by atoms with E-state index in [1.807, 2.05) is 5.38 Å². The van der Waals surface area contributed by atoms with Crippen molar-refractivity contribution in [2.24, 2.45) is 11.8 Å². The average Bonchev–Trinajstić information content (AvgIpc) is 3.24. The molecule has 1 aliphatic heterocycles. The second-order valence-corrected chi connectivity index (χ2v) is 8.63. The quantitative estimate of drug-likeness (QED) is 0.700. The van der Waals surface area contributed by atoms with Gasteiger partial charge in [0.05, 0.1) is 16.1 Å². The van der Waals surface area contributed by atoms with Crippen molar-refractivity contribution < 1.29 is 19.1 Å². The van der Waals surface area contributed by atoms with E-state index in [1.54, 1.807) is 48.3 Å². The number of carbonyl (C=O) groups is 3. The molecular weight excluding hydrogens is 388 g/mol. The van der Waals surface area contributed by atoms with Crippen molar-refractivity contribution in [2.75, 3.05) is 31.6 Å². The number of hydrogen-bond donors (Lipinski definition) is 0. The standard InChI is InChI=1S/C22H26N2O4S/c1-15-11-16(2)13-24(12-15)20(25)14-28-22(27)17-7-4-5-8-18(17)23(3)21(26)19-9-6-10-29-19/h4-10,15-16H,11-14H2,1-3H3. The molecule has 1 fully saturated rings. The number of para-hydroxylation sites is 1. The Morgan fingerprint density at radius 1 is 1.10 bits per heavy atom. The molecule has 1 aliphatic rings. The van der Waals surface area contributed by atoms with Crippen molar-refractivity contribution >= 4 is 34.8 Å². The van der Waals surface area contributed by atoms with Gasteiger partial charge < -0.3 is 14.5 Å². The maximum Gasteiger partial charge on any atom is 0.340 e. The highest BCUT2D eigenvalue weighted by Crippen LogP contribution is 2.24. The van der Waals surface area contributed by atoms with E-state index in [4.69, 9.17) is 4.74 Å². The molecule has 0 radical (unpaired) electrons. The van der Waals surface area contributed by atoms with E-state index in [1.165, 1.54) is 16.2 Å². The summed E-state index contributed by atoms with van der Waals surface area (Å²) >= 11 is 1.34. The lowest BCUT2D eigenvalue weighted by atomic mass is 9.92. The molecule has 2 unspecified atom stereocenters. The lowest BCUT2D eigenvalue weighted by Crippen LogP contribution is -2.44. The van der Waals surface area contributed by atoms with Gasteiger partial charge in [0.25, 0.3) is 11.8 Å². The number of anilines is 1. The Morgan fingerprint density at radius 3 is 2.45 bits per heavy atom. The SMILES string of the molecule is CC1CC(C)CN(C(=O)COC(=O)c2ccccc2N(C)C(=O)c2cccs2)C1. The number of piperidine rings is 1. The van der Waals surface area contributed by atoms with Crippen LogP contribution in [0.1, 0.15) is 40.3 Å². The fourth-order valence-electron chi connectivity index (χ4n) is 3.78. The van der Waals surface area contributed by atoms with E-state index in [0.29, 0.717) is 35.5 Å². The first-order valence-electron chi connectivity index (χ1n) is 9.72. The molecule has 2 aromatic rings. The number of hydrogen-bond acceptors (Lipinski definition) is 5. The fraction of sp³-hybridized carbons (Fsp3) is 0.409. The summed E-state index contributed by atoms with van der Waals surface area (Å²) in [5.41, 5.74) is 0.705. The lowest BCUT2D eigenvalue weighted by Gasteiger charge is -2.34. The molecule has 0 spiro atoms. The van der Waals surface area contributed by atoms with Gasteiger partial charge in [-0.15, -0.1) is 11.3 Å². The van der Waals surface area contributed by atoms with Crippen molar-refractivity contribution in [2.45, 2.75) is 20.3 Å². The van der Waals surface area contributed by atoms with Gasteiger partial charge in [0.15, 0.2) is 6.61 Å². The molecular formula is C22H26N2O4S. The number of likely N-dealkylation sites (tertiary alicyclic amines) is 1. The van der Waals surface area contributed by atoms with Crippen LogP contribution < -0.4 is 4.90 Å². The van der Waals surface area contributed by atoms with Gasteiger partial charge >= 0.3 is 5.97 Å². The summed E-state index contributed by atoms with van der Waals surface area (Å²) in [6.45, 7) is 5.33. The molecule has 29 heavy (non-hydrogen) atoms. The van der Waals surface area contributed by atoms with Crippen LogP contribution >= 0.6 is 11.3 Å². The van der Waals surface area contributed by atoms with Crippen LogP contribution in [0.4, 0.5) is 5.69 Å². The molecule has 154 valence electrons. The fourth-order valence-corrected chi connectivity index (χ4v) is 4.48. The molecule has 1 aromatic heterocycles. The Kier molecular flexibility index (Phi) is 6.69. The molecule has 6 nitrogen and oxygen atoms in total. The number of carbonyl (C=O) groups excluding carboxylic acids is 3. The van der Waals surface area contributed by atoms with Crippen LogP contribution in [-0.4, -0.2) is 49.4 Å². The van der Waals surface area contributed by atoms with Crippen LogP contribution in [0, 0.1) is 11.8 Å². The number of thiophene rings is 1. The molecule has 1 saturated heterocycles. The highest BCUT2D eigenvalue weighted by molar-refractivity contribution is 7.12. The highest BCUT2D eigenvalue weighted by atomic mass is 32.1. The topological polar surface area (TPSA) is 66.9 Å². The number of benzene rings is 1. The van der Waals surface area contributed by atoms with E-state index < -0.39 is 5.97 Å². The smallest absolute Gasteiger partial charge is 0.340 e. The van der Waals surface area contributed by atoms with Crippen molar-refractivity contribution in [3.05, 3.63) is 52.2 Å². The van der Waals surface area contributed by atoms with Gasteiger partial charge in [0.1, 0.15) is 0 Å². The van der Waals surface area contributed by atoms with Gasteiger partial charge in [0.2, 0.25) is 0 Å². The lowest BCUT2D eigenvalue weighted by molar-refractivity contribution is -0.137. The third kappa shape index (κ3) is 5.03. The first-order chi connectivity index (χ1) is 13.9. The summed E-state index contributed by atoms with van der Waals surface area (Å²) in [7, 11) is 1.62. The maximum absolute atomic E-state index is 12.7. The zero-order valence-electron chi connectivity index (χ0n) is 17.0. The van der Waals surface area contributed by atoms with Crippen molar-refractivity contribution in [3.8, 4) is 0 Å². The molecule has 2 atom stereocenters. The van der Waals surface area contributed by atoms with Gasteiger partial charge in [0, 0.05) is 20.1 Å². The number of amides is 2. The second kappa shape index (κ2) is 9.22. The largest absolute Gasteiger partial charge is 0.452 e. The summed E-state index contributed by atoms with van der Waals surface area (Å²) < 4.78 is 5.31. The molecule has 0 aliphatic carbocycles. The summed E-state index contributed by atoms with van der Waals surface area (Å²) in [4.78, 5) is 41.6. The third-order valence-corrected chi connectivity index (χ3v) is 5.93. The zero-order valence-corrected chi connectivity index (χ0v) is 17.8. The van der Waals surface area contributed by atoms with E-state index in [-0.39, 0.29) is 24.0 Å². The van der Waals surface area contributed by atoms with Crippen LogP contribution in [0.2, 0.25) is 0 Å². The predicted molar refractivity (Wildman–Crippen MR) is 113 cm³/mol. The van der Waals surface area contributed by atoms with Gasteiger partial charge in [-0.2, -0.15) is 0 Å². The molecule has 0 N–H and O–H groups in total. The van der Waals surface area contributed by atoms with Crippen LogP contribution in [0.15, 0.2) is 41.8 Å². The van der Waals surface area contributed by atoms with Gasteiger partial charge in [-0.3, -0.25) is 9.59 Å². The normalized spacial score (nSPS) is 18.9. The second-order valence-electron chi connectivity index (χ2n) is 7.68. The Hall–Kier alpha value is -2.67. The summed E-state index contributed by atoms with van der Waals surface area (Å²) in [5.74, 6) is -0.116. The van der Waals surface area contributed by atoms with Crippen LogP contribution in [0.5, 0.6) is 0 Å². The third-order valence-electron chi connectivity index (χ3n) is 5.07. The number of esters is 1. The molecule has 7 heteroatoms. The van der Waals surface area contributed by atoms with Crippen molar-refractivity contribution in [3.63, 3.8) is 0 Å². The first-order valence-corrected chi connectivity index (χ1v) is 10.6. The minimum atomic E-state index is -0.613. The van der Waals surface area contributed by atoms with E-state index >= 15 is 0 Å². The maximum atomic E-state index is 12.7. The van der Waals surface area contributed by atoms with E-state index in [0.717, 1.165) is 6.42 Å². The van der Waals surface area contributed by atoms with Gasteiger partial charge in [-0.1, -0.05) is 32.0 Å². The molecule has 2 heterocycles. The summed E-state index contributed by atoms with van der Waals surface area (Å²) in [6.07, 6.45) is 1.10. The Labute approximate surface area is 175 Å². The predicted octanol–water partition coefficient (Wildman–Crippen LogP) is 3.69. The van der Waals surface area contributed by atoms with Crippen molar-refractivity contribution in [1.29, 1.82) is 0 Å².